The summed E-state index contributed by atoms with van der Waals surface area (Å²) in [6, 6.07) is 0. The monoisotopic (exact) mass is 212 g/mol. The summed E-state index contributed by atoms with van der Waals surface area (Å²) in [5.41, 5.74) is 1.17. The van der Waals surface area contributed by atoms with Crippen LogP contribution in [-0.4, -0.2) is 73.5 Å². The fourth-order valence-electron chi connectivity index (χ4n) is 0.143. The van der Waals surface area contributed by atoms with Crippen molar-refractivity contribution in [1.29, 1.82) is 0 Å². The van der Waals surface area contributed by atoms with Gasteiger partial charge in [0.2, 0.25) is 0 Å². The molecule has 4 nitrogen and oxygen atoms in total. The summed E-state index contributed by atoms with van der Waals surface area (Å²) in [4.78, 5) is 19.1. The van der Waals surface area contributed by atoms with Crippen molar-refractivity contribution in [3.8, 4) is 0 Å². The predicted molar refractivity (Wildman–Crippen MR) is 52.0 cm³/mol. The Morgan fingerprint density at radius 1 is 1.08 bits per heavy atom. The van der Waals surface area contributed by atoms with Gasteiger partial charge in [-0.05, 0) is 13.8 Å². The molecule has 0 unspecified atom stereocenters. The Hall–Kier alpha value is 0.0564. The second-order valence-electron chi connectivity index (χ2n) is 2.22. The molecule has 0 aliphatic carbocycles. The maximum absolute atomic E-state index is 9.55. The van der Waals surface area contributed by atoms with Crippen molar-refractivity contribution < 1.29 is 19.8 Å². The first-order valence-corrected chi connectivity index (χ1v) is 3.12. The van der Waals surface area contributed by atoms with Crippen LogP contribution < -0.4 is 0 Å². The van der Waals surface area contributed by atoms with Crippen LogP contribution in [0, 0.1) is 0 Å². The van der Waals surface area contributed by atoms with Crippen molar-refractivity contribution in [2.24, 2.45) is 0 Å². The van der Waals surface area contributed by atoms with Crippen molar-refractivity contribution in [3.63, 3.8) is 0 Å². The van der Waals surface area contributed by atoms with Gasteiger partial charge in [-0.3, -0.25) is 0 Å². The van der Waals surface area contributed by atoms with Gasteiger partial charge in [-0.1, -0.05) is 5.57 Å². The summed E-state index contributed by atoms with van der Waals surface area (Å²) < 4.78 is 0. The average Bonchev–Trinajstić information content (AvgIpc) is 1.82. The molecule has 0 aliphatic heterocycles. The second-order valence-corrected chi connectivity index (χ2v) is 2.22. The summed E-state index contributed by atoms with van der Waals surface area (Å²) in [5.74, 6) is -2.51. The van der Waals surface area contributed by atoms with Crippen molar-refractivity contribution in [2.45, 2.75) is 13.8 Å². The van der Waals surface area contributed by atoms with Gasteiger partial charge in [0.25, 0.3) is 0 Å². The fourth-order valence-corrected chi connectivity index (χ4v) is 0.143. The molecule has 0 heterocycles. The van der Waals surface area contributed by atoms with E-state index in [0.29, 0.717) is 12.2 Å². The summed E-state index contributed by atoms with van der Waals surface area (Å²) in [6.07, 6.45) is 1.12. The molecule has 0 spiro atoms. The van der Waals surface area contributed by atoms with Crippen LogP contribution in [0.1, 0.15) is 13.8 Å². The molecular formula is C8H13KO4. The van der Waals surface area contributed by atoms with Crippen LogP contribution in [-0.2, 0) is 9.59 Å². The topological polar surface area (TPSA) is 74.6 Å². The van der Waals surface area contributed by atoms with Gasteiger partial charge in [-0.15, -0.1) is 6.58 Å². The van der Waals surface area contributed by atoms with Crippen LogP contribution in [0.15, 0.2) is 24.3 Å². The van der Waals surface area contributed by atoms with E-state index in [1.54, 1.807) is 0 Å². The Morgan fingerprint density at radius 3 is 1.31 bits per heavy atom. The van der Waals surface area contributed by atoms with E-state index in [0.717, 1.165) is 0 Å². The molecule has 0 atom stereocenters. The molecule has 13 heavy (non-hydrogen) atoms. The van der Waals surface area contributed by atoms with E-state index in [2.05, 4.69) is 6.58 Å². The molecule has 5 heteroatoms. The molecule has 0 radical (unpaired) electrons. The van der Waals surface area contributed by atoms with Crippen LogP contribution >= 0.6 is 0 Å². The number of carboxylic acids is 2. The van der Waals surface area contributed by atoms with Gasteiger partial charge in [0.05, 0.1) is 0 Å². The van der Waals surface area contributed by atoms with Gasteiger partial charge in [-0.2, -0.15) is 0 Å². The van der Waals surface area contributed by atoms with Crippen LogP contribution in [0.3, 0.4) is 0 Å². The number of carboxylic acid groups (broad SMARTS) is 2. The Morgan fingerprint density at radius 2 is 1.23 bits per heavy atom. The van der Waals surface area contributed by atoms with Crippen LogP contribution in [0.5, 0.6) is 0 Å². The zero-order valence-electron chi connectivity index (χ0n) is 7.07. The van der Waals surface area contributed by atoms with E-state index >= 15 is 0 Å². The molecule has 2 N–H and O–H groups in total. The molecule has 0 rings (SSSR count). The van der Waals surface area contributed by atoms with Crippen molar-refractivity contribution in [2.75, 3.05) is 0 Å². The van der Waals surface area contributed by atoms with E-state index in [1.807, 2.05) is 13.8 Å². The van der Waals surface area contributed by atoms with Gasteiger partial charge in [0, 0.05) is 12.2 Å². The first kappa shape index (κ1) is 18.8. The number of allylic oxidation sites excluding steroid dienone is 1. The van der Waals surface area contributed by atoms with Gasteiger partial charge in [0.1, 0.15) is 0 Å². The third-order valence-corrected chi connectivity index (χ3v) is 0.368. The molecule has 0 aromatic heterocycles. The normalized spacial score (nSPS) is 7.85. The second kappa shape index (κ2) is 12.1. The van der Waals surface area contributed by atoms with Crippen molar-refractivity contribution in [1.82, 2.24) is 0 Å². The van der Waals surface area contributed by atoms with Crippen LogP contribution in [0.2, 0.25) is 0 Å². The van der Waals surface area contributed by atoms with Crippen molar-refractivity contribution in [3.05, 3.63) is 24.3 Å². The zero-order chi connectivity index (χ0) is 10.1. The molecule has 0 saturated carbocycles. The number of hydrogen-bond donors (Lipinski definition) is 2. The first-order chi connectivity index (χ1) is 5.36. The Bertz CT molecular complexity index is 188. The summed E-state index contributed by atoms with van der Waals surface area (Å²) in [5, 5.41) is 15.6. The molecule has 0 aliphatic rings. The summed E-state index contributed by atoms with van der Waals surface area (Å²) >= 11 is 0. The molecule has 70 valence electrons. The summed E-state index contributed by atoms with van der Waals surface area (Å²) in [7, 11) is 0. The number of aliphatic carboxylic acids is 2. The van der Waals surface area contributed by atoms with Crippen molar-refractivity contribution >= 4 is 63.3 Å². The molecule has 0 fully saturated rings. The van der Waals surface area contributed by atoms with Gasteiger partial charge < -0.3 is 10.2 Å². The molecule has 0 aromatic carbocycles. The number of carbonyl (C=O) groups is 2. The zero-order valence-corrected chi connectivity index (χ0v) is 7.07. The first-order valence-electron chi connectivity index (χ1n) is 3.12. The van der Waals surface area contributed by atoms with Crippen LogP contribution in [0.25, 0.3) is 0 Å². The van der Waals surface area contributed by atoms with Gasteiger partial charge in [-0.25, -0.2) is 9.59 Å². The standard InChI is InChI=1S/C4H4O4.C4H8.K.H/c5-3(6)1-2-4(7)8;1-4(2)3;;/h1-2H,(H,5,6)(H,7,8);1H2,2-3H3;;/b2-1-;;;. The molecule has 0 bridgehead atoms. The Kier molecular flexibility index (Phi) is 17.4. The SMILES string of the molecule is C=C(C)C.O=C(O)/C=C\C(=O)O.[KH]. The Balaban J connectivity index is -0.000000173. The number of rotatable bonds is 2. The molecular weight excluding hydrogens is 199 g/mol. The minimum atomic E-state index is -1.26. The number of hydrogen-bond acceptors (Lipinski definition) is 2. The third kappa shape index (κ3) is 47.7. The molecule has 0 amide bonds. The maximum atomic E-state index is 9.55. The van der Waals surface area contributed by atoms with Gasteiger partial charge >= 0.3 is 63.3 Å². The van der Waals surface area contributed by atoms with E-state index in [9.17, 15) is 9.59 Å². The van der Waals surface area contributed by atoms with Gasteiger partial charge in [0.15, 0.2) is 0 Å². The molecule has 0 saturated heterocycles. The van der Waals surface area contributed by atoms with E-state index in [1.165, 1.54) is 5.57 Å². The van der Waals surface area contributed by atoms with E-state index < -0.39 is 11.9 Å². The summed E-state index contributed by atoms with van der Waals surface area (Å²) in [6.45, 7) is 7.50. The predicted octanol–water partition coefficient (Wildman–Crippen LogP) is 0.646. The average molecular weight is 212 g/mol. The minimum absolute atomic E-state index is 0. The van der Waals surface area contributed by atoms with E-state index in [4.69, 9.17) is 10.2 Å². The van der Waals surface area contributed by atoms with Crippen LogP contribution in [0.4, 0.5) is 0 Å². The third-order valence-electron chi connectivity index (χ3n) is 0.368. The van der Waals surface area contributed by atoms with E-state index in [-0.39, 0.29) is 51.4 Å². The quantitative estimate of drug-likeness (QED) is 0.400. The Labute approximate surface area is 120 Å². The fraction of sp³-hybridized carbons (Fsp3) is 0.250. The molecule has 0 aromatic rings.